The van der Waals surface area contributed by atoms with Gasteiger partial charge in [0, 0.05) is 17.3 Å². The summed E-state index contributed by atoms with van der Waals surface area (Å²) in [5.74, 6) is -1.28. The maximum atomic E-state index is 12.1. The predicted octanol–water partition coefficient (Wildman–Crippen LogP) is 3.43. The van der Waals surface area contributed by atoms with Crippen LogP contribution in [0.1, 0.15) is 23.2 Å². The number of benzene rings is 2. The van der Waals surface area contributed by atoms with Gasteiger partial charge in [-0.1, -0.05) is 0 Å². The normalized spacial score (nSPS) is 12.9. The molecule has 152 valence electrons. The fourth-order valence-electron chi connectivity index (χ4n) is 2.41. The summed E-state index contributed by atoms with van der Waals surface area (Å²) in [6, 6.07) is 11.5. The van der Waals surface area contributed by atoms with Crippen LogP contribution in [0.2, 0.25) is 0 Å². The average molecular weight is 404 g/mol. The maximum absolute atomic E-state index is 12.1. The van der Waals surface area contributed by atoms with Crippen LogP contribution in [0, 0.1) is 5.92 Å². The third-order valence-electron chi connectivity index (χ3n) is 4.03. The van der Waals surface area contributed by atoms with Crippen molar-refractivity contribution in [2.45, 2.75) is 19.5 Å². The van der Waals surface area contributed by atoms with E-state index in [0.29, 0.717) is 11.4 Å². The highest BCUT2D eigenvalue weighted by molar-refractivity contribution is 5.97. The minimum Gasteiger partial charge on any atom is -0.452 e. The standard InChI is InChI=1S/C20H18F2N2O5/c21-20(22)29-16-9-7-14(8-10-16)23-17(25)11-28-19(27)13-3-5-15(6-4-13)24-18(26)12-1-2-12/h3-10,12,20H,1-2,11H2,(H,23,25)(H,24,26). The van der Waals surface area contributed by atoms with Crippen molar-refractivity contribution < 1.29 is 32.6 Å². The zero-order chi connectivity index (χ0) is 20.8. The van der Waals surface area contributed by atoms with E-state index in [1.807, 2.05) is 0 Å². The lowest BCUT2D eigenvalue weighted by Gasteiger charge is -2.09. The van der Waals surface area contributed by atoms with E-state index in [1.54, 1.807) is 12.1 Å². The molecule has 1 saturated carbocycles. The smallest absolute Gasteiger partial charge is 0.387 e. The molecule has 0 aliphatic heterocycles. The van der Waals surface area contributed by atoms with Crippen LogP contribution in [-0.2, 0) is 14.3 Å². The quantitative estimate of drug-likeness (QED) is 0.658. The largest absolute Gasteiger partial charge is 0.452 e. The molecule has 0 bridgehead atoms. The second-order valence-electron chi connectivity index (χ2n) is 6.37. The Balaban J connectivity index is 1.44. The summed E-state index contributed by atoms with van der Waals surface area (Å²) in [6.45, 7) is -3.45. The molecule has 29 heavy (non-hydrogen) atoms. The van der Waals surface area contributed by atoms with Gasteiger partial charge < -0.3 is 20.1 Å². The molecule has 0 heterocycles. The lowest BCUT2D eigenvalue weighted by Crippen LogP contribution is -2.21. The third-order valence-corrected chi connectivity index (χ3v) is 4.03. The topological polar surface area (TPSA) is 93.7 Å². The van der Waals surface area contributed by atoms with Crippen molar-refractivity contribution in [3.05, 3.63) is 54.1 Å². The van der Waals surface area contributed by atoms with Crippen molar-refractivity contribution in [1.82, 2.24) is 0 Å². The van der Waals surface area contributed by atoms with Crippen LogP contribution >= 0.6 is 0 Å². The van der Waals surface area contributed by atoms with Crippen LogP contribution in [0.15, 0.2) is 48.5 Å². The van der Waals surface area contributed by atoms with E-state index in [0.717, 1.165) is 12.8 Å². The first-order valence-electron chi connectivity index (χ1n) is 8.83. The van der Waals surface area contributed by atoms with E-state index in [4.69, 9.17) is 4.74 Å². The van der Waals surface area contributed by atoms with Gasteiger partial charge in [-0.25, -0.2) is 4.79 Å². The van der Waals surface area contributed by atoms with Crippen LogP contribution in [-0.4, -0.2) is 31.0 Å². The van der Waals surface area contributed by atoms with Gasteiger partial charge >= 0.3 is 12.6 Å². The van der Waals surface area contributed by atoms with Crippen molar-refractivity contribution in [2.24, 2.45) is 5.92 Å². The molecule has 1 aliphatic carbocycles. The zero-order valence-corrected chi connectivity index (χ0v) is 15.2. The number of halogens is 2. The average Bonchev–Trinajstić information content (AvgIpc) is 3.53. The summed E-state index contributed by atoms with van der Waals surface area (Å²) in [5, 5.41) is 5.23. The Labute approximate surface area is 165 Å². The first-order valence-corrected chi connectivity index (χ1v) is 8.83. The predicted molar refractivity (Wildman–Crippen MR) is 99.8 cm³/mol. The van der Waals surface area contributed by atoms with Crippen LogP contribution in [0.5, 0.6) is 5.75 Å². The lowest BCUT2D eigenvalue weighted by molar-refractivity contribution is -0.119. The molecule has 2 amide bonds. The van der Waals surface area contributed by atoms with Crippen molar-refractivity contribution in [3.63, 3.8) is 0 Å². The summed E-state index contributed by atoms with van der Waals surface area (Å²) in [7, 11) is 0. The van der Waals surface area contributed by atoms with Gasteiger partial charge in [-0.05, 0) is 61.4 Å². The van der Waals surface area contributed by atoms with E-state index in [9.17, 15) is 23.2 Å². The Bertz CT molecular complexity index is 881. The molecule has 1 fully saturated rings. The van der Waals surface area contributed by atoms with Gasteiger partial charge in [-0.3, -0.25) is 9.59 Å². The fourth-order valence-corrected chi connectivity index (χ4v) is 2.41. The monoisotopic (exact) mass is 404 g/mol. The van der Waals surface area contributed by atoms with Crippen LogP contribution < -0.4 is 15.4 Å². The Hall–Kier alpha value is -3.49. The van der Waals surface area contributed by atoms with Gasteiger partial charge in [-0.2, -0.15) is 8.78 Å². The molecule has 9 heteroatoms. The number of hydrogen-bond donors (Lipinski definition) is 2. The van der Waals surface area contributed by atoms with Crippen molar-refractivity contribution in [2.75, 3.05) is 17.2 Å². The van der Waals surface area contributed by atoms with E-state index < -0.39 is 25.1 Å². The molecule has 2 N–H and O–H groups in total. The third kappa shape index (κ3) is 6.27. The molecule has 2 aromatic rings. The van der Waals surface area contributed by atoms with E-state index in [2.05, 4.69) is 15.4 Å². The summed E-state index contributed by atoms with van der Waals surface area (Å²) < 4.78 is 33.4. The van der Waals surface area contributed by atoms with Gasteiger partial charge in [0.05, 0.1) is 5.56 Å². The maximum Gasteiger partial charge on any atom is 0.387 e. The number of anilines is 2. The molecule has 0 saturated heterocycles. The number of amides is 2. The molecule has 2 aromatic carbocycles. The molecule has 1 aliphatic rings. The number of rotatable bonds is 8. The zero-order valence-electron chi connectivity index (χ0n) is 15.2. The first-order chi connectivity index (χ1) is 13.9. The molecule has 0 spiro atoms. The molecular weight excluding hydrogens is 386 g/mol. The highest BCUT2D eigenvalue weighted by Gasteiger charge is 2.29. The summed E-state index contributed by atoms with van der Waals surface area (Å²) in [5.41, 5.74) is 1.15. The summed E-state index contributed by atoms with van der Waals surface area (Å²) >= 11 is 0. The Kier molecular flexibility index (Phi) is 6.38. The highest BCUT2D eigenvalue weighted by Crippen LogP contribution is 2.30. The van der Waals surface area contributed by atoms with Crippen molar-refractivity contribution >= 4 is 29.2 Å². The second kappa shape index (κ2) is 9.13. The molecule has 3 rings (SSSR count). The van der Waals surface area contributed by atoms with Gasteiger partial charge in [0.2, 0.25) is 5.91 Å². The minimum absolute atomic E-state index is 0.0363. The number of nitrogens with one attached hydrogen (secondary N) is 2. The van der Waals surface area contributed by atoms with E-state index in [-0.39, 0.29) is 23.1 Å². The van der Waals surface area contributed by atoms with Crippen molar-refractivity contribution in [1.29, 1.82) is 0 Å². The van der Waals surface area contributed by atoms with Gasteiger partial charge in [0.1, 0.15) is 5.75 Å². The lowest BCUT2D eigenvalue weighted by atomic mass is 10.2. The molecule has 0 aromatic heterocycles. The Morgan fingerprint density at radius 2 is 1.52 bits per heavy atom. The SMILES string of the molecule is O=C(COC(=O)c1ccc(NC(=O)C2CC2)cc1)Nc1ccc(OC(F)F)cc1. The van der Waals surface area contributed by atoms with E-state index in [1.165, 1.54) is 36.4 Å². The van der Waals surface area contributed by atoms with Gasteiger partial charge in [0.25, 0.3) is 5.91 Å². The first kappa shape index (κ1) is 20.2. The minimum atomic E-state index is -2.93. The molecule has 0 unspecified atom stereocenters. The van der Waals surface area contributed by atoms with Gasteiger partial charge in [-0.15, -0.1) is 0 Å². The number of alkyl halides is 2. The number of hydrogen-bond acceptors (Lipinski definition) is 5. The number of esters is 1. The van der Waals surface area contributed by atoms with Crippen LogP contribution in [0.25, 0.3) is 0 Å². The van der Waals surface area contributed by atoms with Crippen molar-refractivity contribution in [3.8, 4) is 5.75 Å². The Morgan fingerprint density at radius 3 is 2.10 bits per heavy atom. The number of carbonyl (C=O) groups excluding carboxylic acids is 3. The summed E-state index contributed by atoms with van der Waals surface area (Å²) in [4.78, 5) is 35.6. The molecule has 7 nitrogen and oxygen atoms in total. The second-order valence-corrected chi connectivity index (χ2v) is 6.37. The number of ether oxygens (including phenoxy) is 2. The Morgan fingerprint density at radius 1 is 0.931 bits per heavy atom. The van der Waals surface area contributed by atoms with Crippen LogP contribution in [0.3, 0.4) is 0 Å². The molecular formula is C20H18F2N2O5. The van der Waals surface area contributed by atoms with E-state index >= 15 is 0 Å². The highest BCUT2D eigenvalue weighted by atomic mass is 19.3. The fraction of sp³-hybridized carbons (Fsp3) is 0.250. The molecule has 0 atom stereocenters. The number of carbonyl (C=O) groups is 3. The summed E-state index contributed by atoms with van der Waals surface area (Å²) in [6.07, 6.45) is 1.79. The van der Waals surface area contributed by atoms with Crippen LogP contribution in [0.4, 0.5) is 20.2 Å². The molecule has 0 radical (unpaired) electrons. The van der Waals surface area contributed by atoms with Gasteiger partial charge in [0.15, 0.2) is 6.61 Å².